The number of unbranched alkanes of at least 4 members (excludes halogenated alkanes) is 8. The van der Waals surface area contributed by atoms with Crippen LogP contribution in [0.15, 0.2) is 22.2 Å². The number of rotatable bonds is 10. The molecule has 18 heavy (non-hydrogen) atoms. The van der Waals surface area contributed by atoms with E-state index < -0.39 is 0 Å². The van der Waals surface area contributed by atoms with Gasteiger partial charge in [0.05, 0.1) is 0 Å². The maximum atomic E-state index is 3.29. The second-order valence-electron chi connectivity index (χ2n) is 5.19. The third kappa shape index (κ3) is 7.15. The van der Waals surface area contributed by atoms with Crippen molar-refractivity contribution in [3.05, 3.63) is 22.2 Å². The van der Waals surface area contributed by atoms with E-state index in [0.29, 0.717) is 0 Å². The molecule has 1 nitrogen and oxygen atoms in total. The van der Waals surface area contributed by atoms with Crippen molar-refractivity contribution in [2.24, 2.45) is 0 Å². The minimum Gasteiger partial charge on any atom is -0.364 e. The lowest BCUT2D eigenvalue weighted by atomic mass is 10.1. The Morgan fingerprint density at radius 1 is 0.944 bits per heavy atom. The largest absolute Gasteiger partial charge is 0.364 e. The molecule has 0 unspecified atom stereocenters. The Kier molecular flexibility index (Phi) is 9.19. The highest BCUT2D eigenvalue weighted by Gasteiger charge is 2.04. The predicted octanol–water partition coefficient (Wildman–Crippen LogP) is 5.95. The number of nitrogens with one attached hydrogen (secondary N) is 1. The van der Waals surface area contributed by atoms with Crippen molar-refractivity contribution in [1.82, 2.24) is 5.32 Å². The Bertz CT molecular complexity index is 268. The molecule has 0 atom stereocenters. The van der Waals surface area contributed by atoms with Gasteiger partial charge in [0.25, 0.3) is 0 Å². The van der Waals surface area contributed by atoms with Crippen LogP contribution in [0.25, 0.3) is 0 Å². The van der Waals surface area contributed by atoms with E-state index in [2.05, 4.69) is 24.6 Å². The van der Waals surface area contributed by atoms with Gasteiger partial charge in [-0.05, 0) is 25.2 Å². The van der Waals surface area contributed by atoms with E-state index in [0.717, 1.165) is 0 Å². The minimum atomic E-state index is 1.25. The van der Waals surface area contributed by atoms with Crippen LogP contribution >= 0.6 is 11.8 Å². The lowest BCUT2D eigenvalue weighted by Gasteiger charge is -2.13. The number of hydrogen-bond donors (Lipinski definition) is 1. The van der Waals surface area contributed by atoms with Crippen LogP contribution in [-0.4, -0.2) is 0 Å². The Labute approximate surface area is 118 Å². The van der Waals surface area contributed by atoms with Gasteiger partial charge in [-0.25, -0.2) is 0 Å². The average Bonchev–Trinajstić information content (AvgIpc) is 2.39. The Morgan fingerprint density at radius 3 is 2.17 bits per heavy atom. The number of allylic oxidation sites excluding steroid dienone is 2. The Hall–Kier alpha value is -0.370. The summed E-state index contributed by atoms with van der Waals surface area (Å²) >= 11 is 1.89. The van der Waals surface area contributed by atoms with Crippen LogP contribution in [0.3, 0.4) is 0 Å². The molecule has 104 valence electrons. The van der Waals surface area contributed by atoms with Crippen molar-refractivity contribution >= 4 is 11.8 Å². The summed E-state index contributed by atoms with van der Waals surface area (Å²) in [6.07, 6.45) is 16.0. The van der Waals surface area contributed by atoms with Crippen LogP contribution in [0.1, 0.15) is 78.1 Å². The Morgan fingerprint density at radius 2 is 1.56 bits per heavy atom. The molecule has 0 radical (unpaired) electrons. The maximum Gasteiger partial charge on any atom is 0.0215 e. The quantitative estimate of drug-likeness (QED) is 0.491. The summed E-state index contributed by atoms with van der Waals surface area (Å²) in [6, 6.07) is 0. The molecule has 1 heterocycles. The number of hydrogen-bond acceptors (Lipinski definition) is 2. The highest BCUT2D eigenvalue weighted by atomic mass is 32.2. The highest BCUT2D eigenvalue weighted by Crippen LogP contribution is 2.28. The molecule has 0 aromatic carbocycles. The molecule has 0 spiro atoms. The molecule has 0 saturated carbocycles. The predicted molar refractivity (Wildman–Crippen MR) is 84.4 cm³/mol. The molecule has 1 N–H and O–H groups in total. The lowest BCUT2D eigenvalue weighted by molar-refractivity contribution is 0.565. The molecule has 0 amide bonds. The van der Waals surface area contributed by atoms with Crippen molar-refractivity contribution in [3.63, 3.8) is 0 Å². The summed E-state index contributed by atoms with van der Waals surface area (Å²) in [5, 5.41) is 5.44. The van der Waals surface area contributed by atoms with Crippen molar-refractivity contribution < 1.29 is 0 Å². The highest BCUT2D eigenvalue weighted by molar-refractivity contribution is 8.05. The summed E-state index contributed by atoms with van der Waals surface area (Å²) < 4.78 is 0. The van der Waals surface area contributed by atoms with Gasteiger partial charge < -0.3 is 5.32 Å². The van der Waals surface area contributed by atoms with E-state index >= 15 is 0 Å². The average molecular weight is 267 g/mol. The molecule has 0 aromatic heterocycles. The summed E-state index contributed by atoms with van der Waals surface area (Å²) in [7, 11) is 0. The minimum absolute atomic E-state index is 1.25. The zero-order chi connectivity index (χ0) is 13.1. The SMILES string of the molecule is CCCCCCCCCCCC1=C(C)NC=CS1. The van der Waals surface area contributed by atoms with E-state index in [1.165, 1.54) is 74.8 Å². The van der Waals surface area contributed by atoms with Gasteiger partial charge in [-0.2, -0.15) is 0 Å². The van der Waals surface area contributed by atoms with Gasteiger partial charge >= 0.3 is 0 Å². The van der Waals surface area contributed by atoms with Crippen LogP contribution in [0.4, 0.5) is 0 Å². The second kappa shape index (κ2) is 10.5. The summed E-state index contributed by atoms with van der Waals surface area (Å²) in [5.74, 6) is 0. The van der Waals surface area contributed by atoms with Gasteiger partial charge in [-0.3, -0.25) is 0 Å². The monoisotopic (exact) mass is 267 g/mol. The molecule has 0 bridgehead atoms. The van der Waals surface area contributed by atoms with Gasteiger partial charge in [0.1, 0.15) is 0 Å². The van der Waals surface area contributed by atoms with Crippen LogP contribution in [0, 0.1) is 0 Å². The van der Waals surface area contributed by atoms with Crippen LogP contribution in [-0.2, 0) is 0 Å². The fourth-order valence-corrected chi connectivity index (χ4v) is 3.08. The van der Waals surface area contributed by atoms with Crippen molar-refractivity contribution in [2.75, 3.05) is 0 Å². The second-order valence-corrected chi connectivity index (χ2v) is 6.19. The van der Waals surface area contributed by atoms with Gasteiger partial charge in [0.15, 0.2) is 0 Å². The molecule has 1 rings (SSSR count). The zero-order valence-electron chi connectivity index (χ0n) is 12.1. The first kappa shape index (κ1) is 15.7. The lowest BCUT2D eigenvalue weighted by Crippen LogP contribution is -2.06. The Balaban J connectivity index is 1.89. The van der Waals surface area contributed by atoms with Crippen LogP contribution in [0.5, 0.6) is 0 Å². The first-order chi connectivity index (χ1) is 8.84. The normalized spacial score (nSPS) is 15.0. The zero-order valence-corrected chi connectivity index (χ0v) is 13.0. The summed E-state index contributed by atoms with van der Waals surface area (Å²) in [4.78, 5) is 1.53. The van der Waals surface area contributed by atoms with Crippen molar-refractivity contribution in [3.8, 4) is 0 Å². The smallest absolute Gasteiger partial charge is 0.0215 e. The van der Waals surface area contributed by atoms with E-state index in [4.69, 9.17) is 0 Å². The first-order valence-corrected chi connectivity index (χ1v) is 8.50. The van der Waals surface area contributed by atoms with E-state index in [1.54, 1.807) is 0 Å². The van der Waals surface area contributed by atoms with Crippen molar-refractivity contribution in [2.45, 2.75) is 78.1 Å². The standard InChI is InChI=1S/C16H29NS/c1-3-4-5-6-7-8-9-10-11-12-16-15(2)17-13-14-18-16/h13-14,17H,3-12H2,1-2H3. The maximum absolute atomic E-state index is 3.29. The third-order valence-corrected chi connectivity index (χ3v) is 4.57. The van der Waals surface area contributed by atoms with Gasteiger partial charge in [0, 0.05) is 16.8 Å². The van der Waals surface area contributed by atoms with Crippen molar-refractivity contribution in [1.29, 1.82) is 0 Å². The van der Waals surface area contributed by atoms with E-state index in [1.807, 2.05) is 18.0 Å². The van der Waals surface area contributed by atoms with E-state index in [-0.39, 0.29) is 0 Å². The van der Waals surface area contributed by atoms with Crippen LogP contribution in [0.2, 0.25) is 0 Å². The fourth-order valence-electron chi connectivity index (χ4n) is 2.29. The van der Waals surface area contributed by atoms with Gasteiger partial charge in [0.2, 0.25) is 0 Å². The molecule has 1 aliphatic heterocycles. The molecule has 0 saturated heterocycles. The molecule has 1 aliphatic rings. The number of thioether (sulfide) groups is 1. The molecule has 0 aliphatic carbocycles. The molecule has 2 heteroatoms. The fraction of sp³-hybridized carbons (Fsp3) is 0.750. The molecule has 0 fully saturated rings. The summed E-state index contributed by atoms with van der Waals surface area (Å²) in [6.45, 7) is 4.46. The van der Waals surface area contributed by atoms with Crippen LogP contribution < -0.4 is 5.32 Å². The topological polar surface area (TPSA) is 12.0 Å². The molecular formula is C16H29NS. The summed E-state index contributed by atoms with van der Waals surface area (Å²) in [5.41, 5.74) is 1.35. The first-order valence-electron chi connectivity index (χ1n) is 7.62. The van der Waals surface area contributed by atoms with Gasteiger partial charge in [-0.1, -0.05) is 70.1 Å². The third-order valence-electron chi connectivity index (χ3n) is 3.50. The van der Waals surface area contributed by atoms with E-state index in [9.17, 15) is 0 Å². The molecular weight excluding hydrogens is 238 g/mol. The molecule has 0 aromatic rings. The van der Waals surface area contributed by atoms with Gasteiger partial charge in [-0.15, -0.1) is 0 Å².